The van der Waals surface area contributed by atoms with Gasteiger partial charge in [-0.15, -0.1) is 0 Å². The molecular weight excluding hydrogens is 383 g/mol. The lowest BCUT2D eigenvalue weighted by Gasteiger charge is -2.32. The van der Waals surface area contributed by atoms with Gasteiger partial charge in [-0.1, -0.05) is 18.2 Å². The number of hydrogen-bond donors (Lipinski definition) is 2. The molecule has 10 heteroatoms. The lowest BCUT2D eigenvalue weighted by Crippen LogP contribution is -2.49. The van der Waals surface area contributed by atoms with E-state index in [1.165, 1.54) is 30.3 Å². The van der Waals surface area contributed by atoms with Crippen LogP contribution < -0.4 is 10.9 Å². The van der Waals surface area contributed by atoms with Crippen LogP contribution >= 0.6 is 0 Å². The Hall–Kier alpha value is -3.37. The number of nitro groups is 1. The normalized spacial score (nSPS) is 16.8. The molecule has 2 aromatic rings. The molecule has 1 unspecified atom stereocenters. The van der Waals surface area contributed by atoms with Gasteiger partial charge in [0, 0.05) is 30.8 Å². The Morgan fingerprint density at radius 1 is 1.21 bits per heavy atom. The summed E-state index contributed by atoms with van der Waals surface area (Å²) in [6.45, 7) is 1.41. The maximum absolute atomic E-state index is 13.1. The summed E-state index contributed by atoms with van der Waals surface area (Å²) >= 11 is 0. The first kappa shape index (κ1) is 20.4. The molecule has 1 saturated heterocycles. The molecule has 2 N–H and O–H groups in total. The van der Waals surface area contributed by atoms with E-state index in [1.807, 2.05) is 4.90 Å². The van der Waals surface area contributed by atoms with Gasteiger partial charge in [0.15, 0.2) is 0 Å². The zero-order valence-electron chi connectivity index (χ0n) is 15.3. The zero-order chi connectivity index (χ0) is 20.8. The average Bonchev–Trinajstić information content (AvgIpc) is 2.73. The van der Waals surface area contributed by atoms with E-state index in [-0.39, 0.29) is 29.7 Å². The molecule has 1 aliphatic heterocycles. The van der Waals surface area contributed by atoms with Gasteiger partial charge in [-0.2, -0.15) is 0 Å². The van der Waals surface area contributed by atoms with Gasteiger partial charge in [0.05, 0.1) is 24.2 Å². The van der Waals surface area contributed by atoms with Gasteiger partial charge in [-0.3, -0.25) is 35.5 Å². The SMILES string of the molecule is O=C(CN1CCOC(c2ccc(F)cc2)C1)NNC(=O)c1cccc([N+](=O)[O-])c1. The lowest BCUT2D eigenvalue weighted by molar-refractivity contribution is -0.384. The van der Waals surface area contributed by atoms with Gasteiger partial charge in [0.1, 0.15) is 5.82 Å². The second kappa shape index (κ2) is 9.22. The Balaban J connectivity index is 1.50. The second-order valence-electron chi connectivity index (χ2n) is 6.46. The molecule has 0 aliphatic carbocycles. The van der Waals surface area contributed by atoms with E-state index in [2.05, 4.69) is 10.9 Å². The van der Waals surface area contributed by atoms with Crippen molar-refractivity contribution in [2.24, 2.45) is 0 Å². The number of amides is 2. The van der Waals surface area contributed by atoms with Crippen molar-refractivity contribution in [1.29, 1.82) is 0 Å². The number of hydrogen-bond acceptors (Lipinski definition) is 6. The number of nitrogens with one attached hydrogen (secondary N) is 2. The number of carbonyl (C=O) groups excluding carboxylic acids is 2. The van der Waals surface area contributed by atoms with Gasteiger partial charge in [0.25, 0.3) is 17.5 Å². The van der Waals surface area contributed by atoms with Crippen molar-refractivity contribution >= 4 is 17.5 Å². The molecule has 1 atom stereocenters. The summed E-state index contributed by atoms with van der Waals surface area (Å²) in [4.78, 5) is 36.2. The molecule has 3 rings (SSSR count). The van der Waals surface area contributed by atoms with Crippen molar-refractivity contribution in [3.63, 3.8) is 0 Å². The Bertz CT molecular complexity index is 906. The molecule has 0 saturated carbocycles. The molecule has 29 heavy (non-hydrogen) atoms. The predicted molar refractivity (Wildman–Crippen MR) is 100 cm³/mol. The van der Waals surface area contributed by atoms with E-state index in [0.29, 0.717) is 19.7 Å². The van der Waals surface area contributed by atoms with Crippen LogP contribution in [-0.4, -0.2) is 47.9 Å². The van der Waals surface area contributed by atoms with E-state index < -0.39 is 16.7 Å². The molecule has 0 aromatic heterocycles. The van der Waals surface area contributed by atoms with E-state index in [4.69, 9.17) is 4.74 Å². The number of benzene rings is 2. The highest BCUT2D eigenvalue weighted by Gasteiger charge is 2.23. The van der Waals surface area contributed by atoms with Crippen LogP contribution in [0.15, 0.2) is 48.5 Å². The molecule has 0 spiro atoms. The Labute approximate surface area is 165 Å². The van der Waals surface area contributed by atoms with Gasteiger partial charge >= 0.3 is 0 Å². The third-order valence-corrected chi connectivity index (χ3v) is 4.39. The van der Waals surface area contributed by atoms with Crippen molar-refractivity contribution in [1.82, 2.24) is 15.8 Å². The first-order valence-electron chi connectivity index (χ1n) is 8.85. The maximum atomic E-state index is 13.1. The van der Waals surface area contributed by atoms with Crippen molar-refractivity contribution in [3.05, 3.63) is 75.6 Å². The number of nitro benzene ring substituents is 1. The lowest BCUT2D eigenvalue weighted by atomic mass is 10.1. The van der Waals surface area contributed by atoms with Gasteiger partial charge in [0.2, 0.25) is 0 Å². The Morgan fingerprint density at radius 3 is 2.69 bits per heavy atom. The number of morpholine rings is 1. The molecular formula is C19H19FN4O5. The Kier molecular flexibility index (Phi) is 6.47. The molecule has 1 fully saturated rings. The van der Waals surface area contributed by atoms with Crippen LogP contribution in [-0.2, 0) is 9.53 Å². The standard InChI is InChI=1S/C19H19FN4O5/c20-15-6-4-13(5-7-15)17-11-23(8-9-29-17)12-18(25)21-22-19(26)14-2-1-3-16(10-14)24(27)28/h1-7,10,17H,8-9,11-12H2,(H,21,25)(H,22,26). The van der Waals surface area contributed by atoms with Crippen LogP contribution in [0, 0.1) is 15.9 Å². The summed E-state index contributed by atoms with van der Waals surface area (Å²) < 4.78 is 18.7. The first-order chi connectivity index (χ1) is 13.9. The van der Waals surface area contributed by atoms with Crippen LogP contribution in [0.3, 0.4) is 0 Å². The summed E-state index contributed by atoms with van der Waals surface area (Å²) in [5, 5.41) is 10.8. The topological polar surface area (TPSA) is 114 Å². The molecule has 2 amide bonds. The molecule has 152 valence electrons. The monoisotopic (exact) mass is 402 g/mol. The predicted octanol–water partition coefficient (Wildman–Crippen LogP) is 1.57. The third-order valence-electron chi connectivity index (χ3n) is 4.39. The molecule has 2 aromatic carbocycles. The van der Waals surface area contributed by atoms with Crippen molar-refractivity contribution in [2.45, 2.75) is 6.10 Å². The van der Waals surface area contributed by atoms with E-state index >= 15 is 0 Å². The van der Waals surface area contributed by atoms with E-state index in [1.54, 1.807) is 12.1 Å². The van der Waals surface area contributed by atoms with Crippen LogP contribution in [0.1, 0.15) is 22.0 Å². The van der Waals surface area contributed by atoms with Crippen LogP contribution in [0.5, 0.6) is 0 Å². The van der Waals surface area contributed by atoms with Gasteiger partial charge in [-0.05, 0) is 23.8 Å². The minimum absolute atomic E-state index is 0.0241. The highest BCUT2D eigenvalue weighted by atomic mass is 19.1. The third kappa shape index (κ3) is 5.56. The fraction of sp³-hybridized carbons (Fsp3) is 0.263. The van der Waals surface area contributed by atoms with Crippen molar-refractivity contribution in [2.75, 3.05) is 26.2 Å². The highest BCUT2D eigenvalue weighted by molar-refractivity contribution is 5.96. The number of halogens is 1. The van der Waals surface area contributed by atoms with E-state index in [0.717, 1.165) is 11.6 Å². The molecule has 9 nitrogen and oxygen atoms in total. The highest BCUT2D eigenvalue weighted by Crippen LogP contribution is 2.22. The quantitative estimate of drug-likeness (QED) is 0.580. The first-order valence-corrected chi connectivity index (χ1v) is 8.85. The number of non-ortho nitro benzene ring substituents is 1. The van der Waals surface area contributed by atoms with Crippen LogP contribution in [0.25, 0.3) is 0 Å². The van der Waals surface area contributed by atoms with E-state index in [9.17, 15) is 24.1 Å². The van der Waals surface area contributed by atoms with Crippen LogP contribution in [0.4, 0.5) is 10.1 Å². The van der Waals surface area contributed by atoms with Gasteiger partial charge < -0.3 is 4.74 Å². The zero-order valence-corrected chi connectivity index (χ0v) is 15.3. The minimum atomic E-state index is -0.659. The summed E-state index contributed by atoms with van der Waals surface area (Å²) in [5.41, 5.74) is 5.20. The summed E-state index contributed by atoms with van der Waals surface area (Å²) in [7, 11) is 0. The summed E-state index contributed by atoms with van der Waals surface area (Å²) in [6.07, 6.45) is -0.281. The number of nitrogens with zero attached hydrogens (tertiary/aromatic N) is 2. The van der Waals surface area contributed by atoms with Crippen LogP contribution in [0.2, 0.25) is 0 Å². The summed E-state index contributed by atoms with van der Waals surface area (Å²) in [6, 6.07) is 11.2. The van der Waals surface area contributed by atoms with Gasteiger partial charge in [-0.25, -0.2) is 4.39 Å². The molecule has 0 radical (unpaired) electrons. The molecule has 1 heterocycles. The van der Waals surface area contributed by atoms with Crippen molar-refractivity contribution in [3.8, 4) is 0 Å². The number of ether oxygens (including phenoxy) is 1. The average molecular weight is 402 g/mol. The number of carbonyl (C=O) groups is 2. The second-order valence-corrected chi connectivity index (χ2v) is 6.46. The minimum Gasteiger partial charge on any atom is -0.371 e. The number of rotatable bonds is 5. The smallest absolute Gasteiger partial charge is 0.270 e. The molecule has 0 bridgehead atoms. The van der Waals surface area contributed by atoms with Crippen molar-refractivity contribution < 1.29 is 23.6 Å². The maximum Gasteiger partial charge on any atom is 0.270 e. The molecule has 1 aliphatic rings. The largest absolute Gasteiger partial charge is 0.371 e. The fourth-order valence-electron chi connectivity index (χ4n) is 2.93. The Morgan fingerprint density at radius 2 is 1.97 bits per heavy atom. The summed E-state index contributed by atoms with van der Waals surface area (Å²) in [5.74, 6) is -1.43. The number of hydrazine groups is 1. The fourth-order valence-corrected chi connectivity index (χ4v) is 2.93.